The molecule has 7 aromatic carbocycles. The molecular weight excluding hydrogens is 780 g/mol. The van der Waals surface area contributed by atoms with Crippen molar-refractivity contribution in [2.24, 2.45) is 0 Å². The van der Waals surface area contributed by atoms with Crippen molar-refractivity contribution >= 4 is 88.7 Å². The highest BCUT2D eigenvalue weighted by Gasteiger charge is 2.45. The molecule has 0 fully saturated rings. The van der Waals surface area contributed by atoms with Crippen LogP contribution in [0, 0.1) is 6.92 Å². The summed E-state index contributed by atoms with van der Waals surface area (Å²) in [6.45, 7) is 26.2. The zero-order valence-corrected chi connectivity index (χ0v) is 39.8. The normalized spacial score (nSPS) is 16.2. The first-order valence-electron chi connectivity index (χ1n) is 23.1. The van der Waals surface area contributed by atoms with Crippen LogP contribution in [0.25, 0.3) is 31.3 Å². The molecule has 4 heteroatoms. The van der Waals surface area contributed by atoms with Crippen molar-refractivity contribution in [3.8, 4) is 11.1 Å². The van der Waals surface area contributed by atoms with Crippen LogP contribution in [-0.4, -0.2) is 6.71 Å². The first-order valence-corrected chi connectivity index (χ1v) is 23.9. The summed E-state index contributed by atoms with van der Waals surface area (Å²) in [5.41, 5.74) is 21.4. The van der Waals surface area contributed by atoms with Gasteiger partial charge < -0.3 is 9.80 Å². The Morgan fingerprint density at radius 1 is 0.524 bits per heavy atom. The van der Waals surface area contributed by atoms with Crippen LogP contribution in [0.1, 0.15) is 110 Å². The molecule has 0 atom stereocenters. The third kappa shape index (κ3) is 6.26. The summed E-state index contributed by atoms with van der Waals surface area (Å²) in [4.78, 5) is 5.20. The molecule has 2 aliphatic heterocycles. The van der Waals surface area contributed by atoms with Gasteiger partial charge in [0.15, 0.2) is 0 Å². The van der Waals surface area contributed by atoms with Gasteiger partial charge in [-0.3, -0.25) is 0 Å². The molecule has 1 aliphatic carbocycles. The highest BCUT2D eigenvalue weighted by molar-refractivity contribution is 7.26. The smallest absolute Gasteiger partial charge is 0.252 e. The average Bonchev–Trinajstić information content (AvgIpc) is 3.63. The number of aryl methyl sites for hydroxylation is 1. The number of rotatable bonds is 3. The van der Waals surface area contributed by atoms with E-state index >= 15 is 0 Å². The number of nitrogens with zero attached hydrogens (tertiary/aromatic N) is 2. The third-order valence-corrected chi connectivity index (χ3v) is 16.1. The van der Waals surface area contributed by atoms with Gasteiger partial charge in [0.1, 0.15) is 0 Å². The second-order valence-electron chi connectivity index (χ2n) is 22.2. The minimum atomic E-state index is -0.00512. The standard InChI is InChI=1S/C59H59BN2S/c1-36-31-51-54-52(32-36)62(41-25-26-45-46(35-41)59(10,11)30-29-58(45,8)9)50-34-39(57(5,6)7)21-27-47(50)60(54)48-33-38(56(2,3)4)22-28-49(48)61(51)40-23-19-37(20-24-40)42-16-14-17-44-43-15-12-13-18-53(43)63-55(42)44/h12-28,31-35H,29-30H2,1-11H3. The molecule has 0 spiro atoms. The summed E-state index contributed by atoms with van der Waals surface area (Å²) in [7, 11) is 0. The summed E-state index contributed by atoms with van der Waals surface area (Å²) in [6.07, 6.45) is 2.39. The number of thiophene rings is 1. The van der Waals surface area contributed by atoms with Crippen molar-refractivity contribution in [2.75, 3.05) is 9.80 Å². The summed E-state index contributed by atoms with van der Waals surface area (Å²) in [5.74, 6) is 0. The second-order valence-corrected chi connectivity index (χ2v) is 23.2. The van der Waals surface area contributed by atoms with Gasteiger partial charge in [-0.25, -0.2) is 0 Å². The highest BCUT2D eigenvalue weighted by Crippen LogP contribution is 2.51. The van der Waals surface area contributed by atoms with Gasteiger partial charge in [0.05, 0.1) is 0 Å². The Hall–Kier alpha value is -5.58. The van der Waals surface area contributed by atoms with Crippen molar-refractivity contribution < 1.29 is 0 Å². The fraction of sp³-hybridized carbons (Fsp3) is 0.288. The first-order chi connectivity index (χ1) is 29.9. The molecule has 63 heavy (non-hydrogen) atoms. The van der Waals surface area contributed by atoms with E-state index in [4.69, 9.17) is 0 Å². The van der Waals surface area contributed by atoms with Gasteiger partial charge in [0.25, 0.3) is 6.71 Å². The predicted octanol–water partition coefficient (Wildman–Crippen LogP) is 15.1. The second kappa shape index (κ2) is 13.7. The van der Waals surface area contributed by atoms with Gasteiger partial charge in [-0.15, -0.1) is 11.3 Å². The number of benzene rings is 7. The highest BCUT2D eigenvalue weighted by atomic mass is 32.1. The van der Waals surface area contributed by atoms with Crippen LogP contribution in [0.15, 0.2) is 133 Å². The summed E-state index contributed by atoms with van der Waals surface area (Å²) >= 11 is 1.90. The van der Waals surface area contributed by atoms with Crippen molar-refractivity contribution in [2.45, 2.75) is 111 Å². The lowest BCUT2D eigenvalue weighted by atomic mass is 9.33. The Morgan fingerprint density at radius 3 is 1.86 bits per heavy atom. The fourth-order valence-corrected chi connectivity index (χ4v) is 12.3. The molecular formula is C59H59BN2S. The van der Waals surface area contributed by atoms with Gasteiger partial charge in [-0.2, -0.15) is 0 Å². The molecule has 0 radical (unpaired) electrons. The third-order valence-electron chi connectivity index (χ3n) is 14.9. The molecule has 0 unspecified atom stereocenters. The van der Waals surface area contributed by atoms with Crippen LogP contribution >= 0.6 is 11.3 Å². The zero-order valence-electron chi connectivity index (χ0n) is 39.0. The minimum absolute atomic E-state index is 0.00402. The van der Waals surface area contributed by atoms with Gasteiger partial charge in [0.2, 0.25) is 0 Å². The molecule has 3 aliphatic rings. The number of hydrogen-bond acceptors (Lipinski definition) is 3. The topological polar surface area (TPSA) is 6.48 Å². The van der Waals surface area contributed by atoms with E-state index < -0.39 is 0 Å². The molecule has 11 rings (SSSR count). The molecule has 314 valence electrons. The van der Waals surface area contributed by atoms with Crippen molar-refractivity contribution in [1.82, 2.24) is 0 Å². The quantitative estimate of drug-likeness (QED) is 0.164. The summed E-state index contributed by atoms with van der Waals surface area (Å²) in [6, 6.07) is 52.1. The maximum Gasteiger partial charge on any atom is 0.252 e. The van der Waals surface area contributed by atoms with E-state index in [1.165, 1.54) is 122 Å². The Kier molecular flexibility index (Phi) is 8.75. The molecule has 0 N–H and O–H groups in total. The van der Waals surface area contributed by atoms with Crippen LogP contribution in [-0.2, 0) is 21.7 Å². The van der Waals surface area contributed by atoms with Gasteiger partial charge in [0, 0.05) is 54.3 Å². The Bertz CT molecular complexity index is 3170. The number of hydrogen-bond donors (Lipinski definition) is 0. The van der Waals surface area contributed by atoms with Crippen LogP contribution in [0.5, 0.6) is 0 Å². The van der Waals surface area contributed by atoms with Crippen molar-refractivity contribution in [1.29, 1.82) is 0 Å². The van der Waals surface area contributed by atoms with E-state index in [2.05, 4.69) is 219 Å². The number of fused-ring (bicyclic) bond motifs is 8. The maximum atomic E-state index is 2.64. The van der Waals surface area contributed by atoms with Crippen molar-refractivity contribution in [3.63, 3.8) is 0 Å². The van der Waals surface area contributed by atoms with Crippen LogP contribution in [0.3, 0.4) is 0 Å². The molecule has 2 nitrogen and oxygen atoms in total. The predicted molar refractivity (Wildman–Crippen MR) is 276 cm³/mol. The molecule has 0 saturated heterocycles. The lowest BCUT2D eigenvalue weighted by molar-refractivity contribution is 0.332. The molecule has 1 aromatic heterocycles. The number of anilines is 6. The van der Waals surface area contributed by atoms with Gasteiger partial charge in [-0.1, -0.05) is 148 Å². The lowest BCUT2D eigenvalue weighted by Gasteiger charge is -2.46. The average molecular weight is 839 g/mol. The fourth-order valence-electron chi connectivity index (χ4n) is 11.1. The van der Waals surface area contributed by atoms with Crippen LogP contribution in [0.4, 0.5) is 34.1 Å². The largest absolute Gasteiger partial charge is 0.311 e. The van der Waals surface area contributed by atoms with Crippen LogP contribution in [0.2, 0.25) is 0 Å². The van der Waals surface area contributed by atoms with Crippen LogP contribution < -0.4 is 26.2 Å². The van der Waals surface area contributed by atoms with E-state index in [0.29, 0.717) is 0 Å². The Morgan fingerprint density at radius 2 is 1.14 bits per heavy atom. The van der Waals surface area contributed by atoms with E-state index in [1.807, 2.05) is 11.3 Å². The monoisotopic (exact) mass is 838 g/mol. The van der Waals surface area contributed by atoms with E-state index in [9.17, 15) is 0 Å². The SMILES string of the molecule is Cc1cc2c3c(c1)N(c1ccc4c(c1)C(C)(C)CCC4(C)C)c1cc(C(C)(C)C)ccc1B3c1cc(C(C)(C)C)ccc1N2c1ccc(-c2cccc3c2sc2ccccc23)cc1. The van der Waals surface area contributed by atoms with Crippen molar-refractivity contribution in [3.05, 3.63) is 161 Å². The molecule has 0 bridgehead atoms. The zero-order chi connectivity index (χ0) is 44.0. The summed E-state index contributed by atoms with van der Waals surface area (Å²) < 4.78 is 2.69. The molecule has 0 saturated carbocycles. The minimum Gasteiger partial charge on any atom is -0.311 e. The summed E-state index contributed by atoms with van der Waals surface area (Å²) in [5, 5.41) is 2.67. The first kappa shape index (κ1) is 40.2. The van der Waals surface area contributed by atoms with E-state index in [0.717, 1.165) is 0 Å². The molecule has 8 aromatic rings. The van der Waals surface area contributed by atoms with E-state index in [-0.39, 0.29) is 28.4 Å². The molecule has 3 heterocycles. The lowest BCUT2D eigenvalue weighted by Crippen LogP contribution is -2.61. The molecule has 0 amide bonds. The van der Waals surface area contributed by atoms with Gasteiger partial charge >= 0.3 is 0 Å². The Balaban J connectivity index is 1.15. The van der Waals surface area contributed by atoms with Gasteiger partial charge in [-0.05, 0) is 151 Å². The van der Waals surface area contributed by atoms with E-state index in [1.54, 1.807) is 0 Å². The Labute approximate surface area is 379 Å². The maximum absolute atomic E-state index is 2.64.